The first-order valence-electron chi connectivity index (χ1n) is 6.25. The second-order valence-electron chi connectivity index (χ2n) is 5.31. The van der Waals surface area contributed by atoms with Gasteiger partial charge in [-0.1, -0.05) is 0 Å². The molecule has 0 N–H and O–H groups in total. The lowest BCUT2D eigenvalue weighted by molar-refractivity contribution is 0.282. The van der Waals surface area contributed by atoms with Crippen molar-refractivity contribution >= 4 is 19.7 Å². The molecule has 110 valence electrons. The Kier molecular flexibility index (Phi) is 5.43. The van der Waals surface area contributed by atoms with E-state index in [1.165, 1.54) is 12.1 Å². The first-order valence-corrected chi connectivity index (χ1v) is 8.56. The Morgan fingerprint density at radius 2 is 2.05 bits per heavy atom. The van der Waals surface area contributed by atoms with E-state index < -0.39 is 9.05 Å². The molecule has 6 heteroatoms. The van der Waals surface area contributed by atoms with E-state index in [2.05, 4.69) is 6.07 Å². The lowest BCUT2D eigenvalue weighted by Crippen LogP contribution is -2.10. The third-order valence-electron chi connectivity index (χ3n) is 2.93. The lowest BCUT2D eigenvalue weighted by Gasteiger charge is -2.15. The van der Waals surface area contributed by atoms with Crippen LogP contribution in [0.3, 0.4) is 0 Å². The molecule has 0 aliphatic carbocycles. The van der Waals surface area contributed by atoms with Crippen LogP contribution in [0.15, 0.2) is 23.1 Å². The van der Waals surface area contributed by atoms with Gasteiger partial charge in [-0.15, -0.1) is 0 Å². The Morgan fingerprint density at radius 3 is 2.55 bits per heavy atom. The zero-order valence-corrected chi connectivity index (χ0v) is 13.4. The van der Waals surface area contributed by atoms with Crippen molar-refractivity contribution < 1.29 is 13.2 Å². The van der Waals surface area contributed by atoms with Crippen molar-refractivity contribution in [3.05, 3.63) is 23.8 Å². The third kappa shape index (κ3) is 5.03. The van der Waals surface area contributed by atoms with Crippen molar-refractivity contribution in [3.63, 3.8) is 0 Å². The molecule has 1 rings (SSSR count). The predicted octanol–water partition coefficient (Wildman–Crippen LogP) is 3.63. The van der Waals surface area contributed by atoms with Crippen LogP contribution in [0.5, 0.6) is 5.75 Å². The maximum Gasteiger partial charge on any atom is 0.261 e. The van der Waals surface area contributed by atoms with Crippen molar-refractivity contribution in [1.29, 1.82) is 5.26 Å². The smallest absolute Gasteiger partial charge is 0.261 e. The van der Waals surface area contributed by atoms with Crippen LogP contribution >= 0.6 is 10.7 Å². The number of hydrogen-bond acceptors (Lipinski definition) is 4. The Bertz CT molecular complexity index is 618. The van der Waals surface area contributed by atoms with Crippen LogP contribution in [0, 0.1) is 23.7 Å². The van der Waals surface area contributed by atoms with E-state index in [-0.39, 0.29) is 10.3 Å². The van der Waals surface area contributed by atoms with Crippen molar-refractivity contribution in [2.45, 2.75) is 38.5 Å². The van der Waals surface area contributed by atoms with Crippen LogP contribution in [-0.4, -0.2) is 15.0 Å². The fraction of sp³-hybridized carbons (Fsp3) is 0.500. The lowest BCUT2D eigenvalue weighted by atomic mass is 9.90. The summed E-state index contributed by atoms with van der Waals surface area (Å²) in [4.78, 5) is 0.0645. The van der Waals surface area contributed by atoms with E-state index in [0.717, 1.165) is 12.8 Å². The van der Waals surface area contributed by atoms with E-state index in [4.69, 9.17) is 20.7 Å². The molecule has 0 fully saturated rings. The number of nitrogens with zero attached hydrogens (tertiary/aromatic N) is 1. The highest BCUT2D eigenvalue weighted by Crippen LogP contribution is 2.25. The Labute approximate surface area is 124 Å². The van der Waals surface area contributed by atoms with Gasteiger partial charge in [-0.05, 0) is 57.4 Å². The van der Waals surface area contributed by atoms with Crippen LogP contribution in [0.2, 0.25) is 0 Å². The number of nitriles is 1. The molecule has 1 aromatic carbocycles. The van der Waals surface area contributed by atoms with Gasteiger partial charge in [0.25, 0.3) is 9.05 Å². The molecule has 0 saturated carbocycles. The first-order chi connectivity index (χ1) is 9.15. The summed E-state index contributed by atoms with van der Waals surface area (Å²) in [5.41, 5.74) is 0.362. The highest BCUT2D eigenvalue weighted by molar-refractivity contribution is 8.13. The van der Waals surface area contributed by atoms with Crippen molar-refractivity contribution in [3.8, 4) is 11.8 Å². The van der Waals surface area contributed by atoms with Gasteiger partial charge in [0, 0.05) is 10.7 Å². The zero-order chi connectivity index (χ0) is 15.4. The Balaban J connectivity index is 2.61. The van der Waals surface area contributed by atoms with Gasteiger partial charge >= 0.3 is 0 Å². The maximum absolute atomic E-state index is 11.2. The second-order valence-corrected chi connectivity index (χ2v) is 7.88. The van der Waals surface area contributed by atoms with Crippen LogP contribution in [0.4, 0.5) is 0 Å². The molecule has 0 aliphatic heterocycles. The van der Waals surface area contributed by atoms with Gasteiger partial charge in [0.15, 0.2) is 0 Å². The summed E-state index contributed by atoms with van der Waals surface area (Å²) >= 11 is 0. The van der Waals surface area contributed by atoms with E-state index in [9.17, 15) is 8.42 Å². The minimum absolute atomic E-state index is 0.0645. The van der Waals surface area contributed by atoms with Crippen molar-refractivity contribution in [2.75, 3.05) is 6.61 Å². The quantitative estimate of drug-likeness (QED) is 0.594. The molecular weight excluding hydrogens is 298 g/mol. The number of hydrogen-bond donors (Lipinski definition) is 0. The van der Waals surface area contributed by atoms with E-state index in [0.29, 0.717) is 17.9 Å². The Morgan fingerprint density at radius 1 is 1.40 bits per heavy atom. The van der Waals surface area contributed by atoms with Crippen LogP contribution in [-0.2, 0) is 9.05 Å². The third-order valence-corrected chi connectivity index (χ3v) is 4.29. The number of rotatable bonds is 6. The molecule has 0 heterocycles. The van der Waals surface area contributed by atoms with Gasteiger partial charge in [-0.3, -0.25) is 0 Å². The molecule has 0 aliphatic rings. The minimum Gasteiger partial charge on any atom is -0.493 e. The summed E-state index contributed by atoms with van der Waals surface area (Å²) in [5.74, 6) is 0.629. The summed E-state index contributed by atoms with van der Waals surface area (Å²) in [6, 6.07) is 6.74. The van der Waals surface area contributed by atoms with Crippen LogP contribution in [0.1, 0.15) is 32.3 Å². The van der Waals surface area contributed by atoms with Gasteiger partial charge in [0.05, 0.1) is 23.0 Å². The highest BCUT2D eigenvalue weighted by atomic mass is 35.7. The van der Waals surface area contributed by atoms with Crippen molar-refractivity contribution in [2.24, 2.45) is 5.41 Å². The molecule has 0 aromatic heterocycles. The molecule has 0 atom stereocenters. The van der Waals surface area contributed by atoms with E-state index in [1.54, 1.807) is 13.0 Å². The first kappa shape index (κ1) is 16.8. The average Bonchev–Trinajstić information content (AvgIpc) is 2.35. The molecule has 0 bridgehead atoms. The largest absolute Gasteiger partial charge is 0.493 e. The normalized spacial score (nSPS) is 11.9. The molecule has 1 aromatic rings. The Hall–Kier alpha value is -1.25. The number of aryl methyl sites for hydroxylation is 1. The van der Waals surface area contributed by atoms with E-state index >= 15 is 0 Å². The number of halogens is 1. The monoisotopic (exact) mass is 315 g/mol. The molecule has 0 saturated heterocycles. The molecule has 20 heavy (non-hydrogen) atoms. The summed E-state index contributed by atoms with van der Waals surface area (Å²) in [5, 5.41) is 8.90. The van der Waals surface area contributed by atoms with Gasteiger partial charge in [-0.25, -0.2) is 8.42 Å². The molecule has 0 unspecified atom stereocenters. The van der Waals surface area contributed by atoms with Gasteiger partial charge in [0.1, 0.15) is 5.75 Å². The standard InChI is InChI=1S/C14H18ClNO3S/c1-11-9-12(20(15,17)18)5-6-13(11)19-8-4-7-14(2,3)10-16/h5-6,9H,4,7-8H2,1-3H3. The van der Waals surface area contributed by atoms with Gasteiger partial charge < -0.3 is 4.74 Å². The van der Waals surface area contributed by atoms with E-state index in [1.807, 2.05) is 13.8 Å². The number of ether oxygens (including phenoxy) is 1. The topological polar surface area (TPSA) is 67.2 Å². The second kappa shape index (κ2) is 6.47. The minimum atomic E-state index is -3.71. The fourth-order valence-electron chi connectivity index (χ4n) is 1.69. The molecular formula is C14H18ClNO3S. The molecule has 0 spiro atoms. The predicted molar refractivity (Wildman–Crippen MR) is 78.3 cm³/mol. The summed E-state index contributed by atoms with van der Waals surface area (Å²) in [6.07, 6.45) is 1.51. The molecule has 0 radical (unpaired) electrons. The zero-order valence-electron chi connectivity index (χ0n) is 11.8. The van der Waals surface area contributed by atoms with Gasteiger partial charge in [0.2, 0.25) is 0 Å². The summed E-state index contributed by atoms with van der Waals surface area (Å²) in [7, 11) is 1.57. The fourth-order valence-corrected chi connectivity index (χ4v) is 2.52. The maximum atomic E-state index is 11.2. The molecule has 4 nitrogen and oxygen atoms in total. The number of benzene rings is 1. The van der Waals surface area contributed by atoms with Crippen molar-refractivity contribution in [1.82, 2.24) is 0 Å². The van der Waals surface area contributed by atoms with Gasteiger partial charge in [-0.2, -0.15) is 5.26 Å². The average molecular weight is 316 g/mol. The highest BCUT2D eigenvalue weighted by Gasteiger charge is 2.16. The van der Waals surface area contributed by atoms with Crippen LogP contribution < -0.4 is 4.74 Å². The SMILES string of the molecule is Cc1cc(S(=O)(=O)Cl)ccc1OCCCC(C)(C)C#N. The molecule has 0 amide bonds. The summed E-state index contributed by atoms with van der Waals surface area (Å²) in [6.45, 7) is 6.02. The van der Waals surface area contributed by atoms with Crippen LogP contribution in [0.25, 0.3) is 0 Å². The summed E-state index contributed by atoms with van der Waals surface area (Å²) < 4.78 is 28.0.